The van der Waals surface area contributed by atoms with E-state index in [4.69, 9.17) is 9.29 Å². The lowest BCUT2D eigenvalue weighted by Gasteiger charge is -2.08. The highest BCUT2D eigenvalue weighted by atomic mass is 32.2. The van der Waals surface area contributed by atoms with Gasteiger partial charge in [-0.05, 0) is 61.4 Å². The first kappa shape index (κ1) is 13.6. The third-order valence-corrected chi connectivity index (χ3v) is 3.42. The predicted octanol–water partition coefficient (Wildman–Crippen LogP) is 3.34. The number of benzene rings is 2. The molecule has 0 aliphatic carbocycles. The topological polar surface area (TPSA) is 63.6 Å². The fourth-order valence-corrected chi connectivity index (χ4v) is 2.29. The van der Waals surface area contributed by atoms with Gasteiger partial charge >= 0.3 is 0 Å². The molecule has 0 amide bonds. The minimum absolute atomic E-state index is 0.153. The highest BCUT2D eigenvalue weighted by Gasteiger charge is 2.09. The number of ether oxygens (including phenoxy) is 1. The van der Waals surface area contributed by atoms with Crippen LogP contribution in [0.3, 0.4) is 0 Å². The van der Waals surface area contributed by atoms with Crippen molar-refractivity contribution in [2.24, 2.45) is 0 Å². The van der Waals surface area contributed by atoms with Crippen LogP contribution in [-0.2, 0) is 10.1 Å². The maximum absolute atomic E-state index is 10.9. The molecule has 19 heavy (non-hydrogen) atoms. The van der Waals surface area contributed by atoms with Crippen molar-refractivity contribution in [3.05, 3.63) is 53.6 Å². The minimum Gasteiger partial charge on any atom is -0.457 e. The van der Waals surface area contributed by atoms with Crippen LogP contribution in [0.15, 0.2) is 47.4 Å². The van der Waals surface area contributed by atoms with E-state index in [9.17, 15) is 8.42 Å². The molecule has 0 aromatic heterocycles. The largest absolute Gasteiger partial charge is 0.457 e. The van der Waals surface area contributed by atoms with Crippen molar-refractivity contribution in [1.82, 2.24) is 0 Å². The summed E-state index contributed by atoms with van der Waals surface area (Å²) in [5.74, 6) is 1.20. The van der Waals surface area contributed by atoms with Crippen LogP contribution in [0.5, 0.6) is 11.5 Å². The van der Waals surface area contributed by atoms with Crippen LogP contribution < -0.4 is 4.74 Å². The maximum Gasteiger partial charge on any atom is 0.294 e. The first-order valence-corrected chi connectivity index (χ1v) is 7.12. The van der Waals surface area contributed by atoms with Crippen LogP contribution in [-0.4, -0.2) is 13.0 Å². The van der Waals surface area contributed by atoms with E-state index < -0.39 is 10.1 Å². The van der Waals surface area contributed by atoms with Crippen LogP contribution in [0.4, 0.5) is 0 Å². The highest BCUT2D eigenvalue weighted by molar-refractivity contribution is 7.85. The second-order valence-electron chi connectivity index (χ2n) is 4.37. The smallest absolute Gasteiger partial charge is 0.294 e. The van der Waals surface area contributed by atoms with Crippen molar-refractivity contribution < 1.29 is 17.7 Å². The Morgan fingerprint density at radius 2 is 1.42 bits per heavy atom. The number of hydrogen-bond acceptors (Lipinski definition) is 3. The van der Waals surface area contributed by atoms with Gasteiger partial charge in [0, 0.05) is 0 Å². The van der Waals surface area contributed by atoms with E-state index in [1.54, 1.807) is 0 Å². The van der Waals surface area contributed by atoms with Gasteiger partial charge in [-0.3, -0.25) is 4.55 Å². The molecule has 0 saturated carbocycles. The van der Waals surface area contributed by atoms with Crippen LogP contribution in [0, 0.1) is 13.8 Å². The standard InChI is InChI=1S/C14H14O4S/c1-10-7-11(2)9-13(8-10)18-12-3-5-14(6-4-12)19(15,16)17/h3-9H,1-2H3,(H,15,16,17). The summed E-state index contributed by atoms with van der Waals surface area (Å²) >= 11 is 0. The van der Waals surface area contributed by atoms with Gasteiger partial charge in [0.15, 0.2) is 0 Å². The number of rotatable bonds is 3. The minimum atomic E-state index is -4.16. The normalized spacial score (nSPS) is 11.3. The van der Waals surface area contributed by atoms with E-state index in [-0.39, 0.29) is 4.90 Å². The molecule has 0 aliphatic rings. The molecule has 100 valence electrons. The number of aryl methyl sites for hydroxylation is 2. The molecule has 0 heterocycles. The molecule has 0 radical (unpaired) electrons. The van der Waals surface area contributed by atoms with Gasteiger partial charge in [0.25, 0.3) is 10.1 Å². The van der Waals surface area contributed by atoms with E-state index >= 15 is 0 Å². The Balaban J connectivity index is 2.24. The molecule has 1 N–H and O–H groups in total. The Bertz CT molecular complexity index is 668. The van der Waals surface area contributed by atoms with Gasteiger partial charge in [0.2, 0.25) is 0 Å². The molecule has 0 bridgehead atoms. The van der Waals surface area contributed by atoms with Gasteiger partial charge in [-0.25, -0.2) is 0 Å². The fraction of sp³-hybridized carbons (Fsp3) is 0.143. The lowest BCUT2D eigenvalue weighted by molar-refractivity contribution is 0.477. The maximum atomic E-state index is 10.9. The molecule has 0 spiro atoms. The van der Waals surface area contributed by atoms with Crippen LogP contribution >= 0.6 is 0 Å². The van der Waals surface area contributed by atoms with Crippen molar-refractivity contribution in [2.45, 2.75) is 18.7 Å². The molecule has 0 saturated heterocycles. The Morgan fingerprint density at radius 1 is 0.895 bits per heavy atom. The third-order valence-electron chi connectivity index (χ3n) is 2.55. The number of hydrogen-bond donors (Lipinski definition) is 1. The summed E-state index contributed by atoms with van der Waals surface area (Å²) in [5.41, 5.74) is 2.18. The van der Waals surface area contributed by atoms with E-state index in [2.05, 4.69) is 0 Å². The van der Waals surface area contributed by atoms with Gasteiger partial charge in [-0.1, -0.05) is 6.07 Å². The van der Waals surface area contributed by atoms with Crippen LogP contribution in [0.25, 0.3) is 0 Å². The molecule has 2 rings (SSSR count). The fourth-order valence-electron chi connectivity index (χ4n) is 1.81. The van der Waals surface area contributed by atoms with E-state index in [0.717, 1.165) is 11.1 Å². The van der Waals surface area contributed by atoms with E-state index in [1.807, 2.05) is 32.0 Å². The first-order chi connectivity index (χ1) is 8.84. The van der Waals surface area contributed by atoms with Gasteiger partial charge in [0.05, 0.1) is 4.90 Å². The summed E-state index contributed by atoms with van der Waals surface area (Å²) in [6.45, 7) is 3.95. The van der Waals surface area contributed by atoms with Crippen molar-refractivity contribution >= 4 is 10.1 Å². The molecule has 0 unspecified atom stereocenters. The molecule has 4 nitrogen and oxygen atoms in total. The van der Waals surface area contributed by atoms with Crippen molar-refractivity contribution in [1.29, 1.82) is 0 Å². The molecule has 2 aromatic rings. The lowest BCUT2D eigenvalue weighted by atomic mass is 10.1. The molecule has 5 heteroatoms. The van der Waals surface area contributed by atoms with Crippen molar-refractivity contribution in [3.8, 4) is 11.5 Å². The summed E-state index contributed by atoms with van der Waals surface area (Å²) in [5, 5.41) is 0. The lowest BCUT2D eigenvalue weighted by Crippen LogP contribution is -1.97. The molecule has 0 fully saturated rings. The monoisotopic (exact) mass is 278 g/mol. The van der Waals surface area contributed by atoms with E-state index in [1.165, 1.54) is 24.3 Å². The predicted molar refractivity (Wildman–Crippen MR) is 72.2 cm³/mol. The summed E-state index contributed by atoms with van der Waals surface area (Å²) in [7, 11) is -4.16. The van der Waals surface area contributed by atoms with Gasteiger partial charge < -0.3 is 4.74 Å². The second-order valence-corrected chi connectivity index (χ2v) is 5.79. The summed E-state index contributed by atoms with van der Waals surface area (Å²) < 4.78 is 36.3. The van der Waals surface area contributed by atoms with Crippen molar-refractivity contribution in [3.63, 3.8) is 0 Å². The zero-order chi connectivity index (χ0) is 14.0. The van der Waals surface area contributed by atoms with Crippen LogP contribution in [0.1, 0.15) is 11.1 Å². The second kappa shape index (κ2) is 5.03. The molecule has 2 aromatic carbocycles. The van der Waals surface area contributed by atoms with E-state index in [0.29, 0.717) is 11.5 Å². The summed E-state index contributed by atoms with van der Waals surface area (Å²) in [6, 6.07) is 11.4. The molecular formula is C14H14O4S. The van der Waals surface area contributed by atoms with Gasteiger partial charge in [0.1, 0.15) is 11.5 Å². The molecular weight excluding hydrogens is 264 g/mol. The van der Waals surface area contributed by atoms with Gasteiger partial charge in [-0.15, -0.1) is 0 Å². The Hall–Kier alpha value is -1.85. The SMILES string of the molecule is Cc1cc(C)cc(Oc2ccc(S(=O)(=O)O)cc2)c1. The Labute approximate surface area is 112 Å². The first-order valence-electron chi connectivity index (χ1n) is 5.68. The Kier molecular flexibility index (Phi) is 3.59. The Morgan fingerprint density at radius 3 is 1.89 bits per heavy atom. The summed E-state index contributed by atoms with van der Waals surface area (Å²) in [4.78, 5) is -0.153. The van der Waals surface area contributed by atoms with Gasteiger partial charge in [-0.2, -0.15) is 8.42 Å². The molecule has 0 atom stereocenters. The zero-order valence-electron chi connectivity index (χ0n) is 10.6. The highest BCUT2D eigenvalue weighted by Crippen LogP contribution is 2.24. The van der Waals surface area contributed by atoms with Crippen LogP contribution in [0.2, 0.25) is 0 Å². The molecule has 0 aliphatic heterocycles. The average Bonchev–Trinajstić information content (AvgIpc) is 2.26. The summed E-state index contributed by atoms with van der Waals surface area (Å²) in [6.07, 6.45) is 0. The quantitative estimate of drug-likeness (QED) is 0.874. The average molecular weight is 278 g/mol. The third kappa shape index (κ3) is 3.56. The zero-order valence-corrected chi connectivity index (χ0v) is 11.4. The van der Waals surface area contributed by atoms with Crippen molar-refractivity contribution in [2.75, 3.05) is 0 Å².